The first-order valence-electron chi connectivity index (χ1n) is 5.69. The number of thiazole rings is 1. The number of carboxylic acid groups (broad SMARTS) is 1. The van der Waals surface area contributed by atoms with Crippen LogP contribution in [0.4, 0.5) is 5.13 Å². The van der Waals surface area contributed by atoms with Crippen molar-refractivity contribution < 1.29 is 14.6 Å². The Morgan fingerprint density at radius 2 is 2.44 bits per heavy atom. The van der Waals surface area contributed by atoms with Gasteiger partial charge in [-0.1, -0.05) is 11.3 Å². The molecule has 1 aromatic rings. The van der Waals surface area contributed by atoms with Crippen molar-refractivity contribution in [1.82, 2.24) is 4.98 Å². The highest BCUT2D eigenvalue weighted by Crippen LogP contribution is 2.31. The van der Waals surface area contributed by atoms with Crippen LogP contribution in [0, 0.1) is 0 Å². The first-order chi connectivity index (χ1) is 8.63. The average Bonchev–Trinajstić information content (AvgIpc) is 2.74. The van der Waals surface area contributed by atoms with Crippen molar-refractivity contribution in [3.05, 3.63) is 10.6 Å². The number of nitrogens with zero attached hydrogens (tertiary/aromatic N) is 2. The van der Waals surface area contributed by atoms with E-state index in [0.717, 1.165) is 23.2 Å². The van der Waals surface area contributed by atoms with Crippen LogP contribution < -0.4 is 4.90 Å². The fourth-order valence-corrected chi connectivity index (χ4v) is 3.93. The topological polar surface area (TPSA) is 62.7 Å². The van der Waals surface area contributed by atoms with E-state index < -0.39 is 5.97 Å². The van der Waals surface area contributed by atoms with Gasteiger partial charge in [0.05, 0.1) is 12.3 Å². The van der Waals surface area contributed by atoms with Crippen molar-refractivity contribution in [2.24, 2.45) is 0 Å². The number of anilines is 1. The average molecular weight is 288 g/mol. The molecule has 1 unspecified atom stereocenters. The Bertz CT molecular complexity index is 436. The maximum atomic E-state index is 11.2. The van der Waals surface area contributed by atoms with Crippen molar-refractivity contribution in [1.29, 1.82) is 0 Å². The van der Waals surface area contributed by atoms with Gasteiger partial charge in [0.15, 0.2) is 5.13 Å². The summed E-state index contributed by atoms with van der Waals surface area (Å²) < 4.78 is 5.00. The summed E-state index contributed by atoms with van der Waals surface area (Å²) in [5.41, 5.74) is 0.524. The minimum Gasteiger partial charge on any atom is -0.477 e. The highest BCUT2D eigenvalue weighted by atomic mass is 32.2. The van der Waals surface area contributed by atoms with E-state index >= 15 is 0 Å². The molecule has 18 heavy (non-hydrogen) atoms. The molecule has 1 aliphatic heterocycles. The molecule has 0 aliphatic carbocycles. The smallest absolute Gasteiger partial charge is 0.347 e. The number of thioether (sulfide) groups is 1. The van der Waals surface area contributed by atoms with E-state index in [9.17, 15) is 4.79 Å². The predicted octanol–water partition coefficient (Wildman–Crippen LogP) is 1.93. The second-order valence-electron chi connectivity index (χ2n) is 4.13. The van der Waals surface area contributed by atoms with E-state index in [2.05, 4.69) is 16.8 Å². The summed E-state index contributed by atoms with van der Waals surface area (Å²) in [4.78, 5) is 18.1. The first-order valence-corrected chi connectivity index (χ1v) is 7.67. The number of rotatable bonds is 4. The maximum absolute atomic E-state index is 11.2. The summed E-state index contributed by atoms with van der Waals surface area (Å²) in [6, 6.07) is 0.395. The van der Waals surface area contributed by atoms with E-state index in [1.807, 2.05) is 11.8 Å². The van der Waals surface area contributed by atoms with E-state index in [-0.39, 0.29) is 11.5 Å². The quantitative estimate of drug-likeness (QED) is 0.913. The third kappa shape index (κ3) is 2.78. The lowest BCUT2D eigenvalue weighted by Crippen LogP contribution is -2.40. The fourth-order valence-electron chi connectivity index (χ4n) is 1.88. The van der Waals surface area contributed by atoms with Gasteiger partial charge in [-0.25, -0.2) is 9.78 Å². The lowest BCUT2D eigenvalue weighted by atomic mass is 10.3. The van der Waals surface area contributed by atoms with Gasteiger partial charge in [-0.3, -0.25) is 0 Å². The van der Waals surface area contributed by atoms with Crippen LogP contribution >= 0.6 is 23.1 Å². The number of aromatic nitrogens is 1. The molecule has 1 aromatic heterocycles. The predicted molar refractivity (Wildman–Crippen MR) is 73.9 cm³/mol. The lowest BCUT2D eigenvalue weighted by molar-refractivity contribution is 0.0697. The molecule has 0 bridgehead atoms. The molecular weight excluding hydrogens is 272 g/mol. The van der Waals surface area contributed by atoms with Crippen molar-refractivity contribution in [3.8, 4) is 0 Å². The largest absolute Gasteiger partial charge is 0.477 e. The van der Waals surface area contributed by atoms with Crippen LogP contribution in [0.5, 0.6) is 0 Å². The molecule has 7 heteroatoms. The Kier molecular flexibility index (Phi) is 4.47. The van der Waals surface area contributed by atoms with Crippen LogP contribution in [-0.2, 0) is 11.3 Å². The summed E-state index contributed by atoms with van der Waals surface area (Å²) in [6.07, 6.45) is 0. The number of ether oxygens (including phenoxy) is 1. The third-order valence-electron chi connectivity index (χ3n) is 2.77. The summed E-state index contributed by atoms with van der Waals surface area (Å²) in [6.45, 7) is 3.31. The summed E-state index contributed by atoms with van der Waals surface area (Å²) in [7, 11) is 1.55. The molecule has 0 amide bonds. The zero-order valence-electron chi connectivity index (χ0n) is 10.4. The Hall–Kier alpha value is -0.790. The molecule has 0 saturated carbocycles. The van der Waals surface area contributed by atoms with Gasteiger partial charge >= 0.3 is 5.97 Å². The number of hydrogen-bond donors (Lipinski definition) is 1. The maximum Gasteiger partial charge on any atom is 0.347 e. The second-order valence-corrected chi connectivity index (χ2v) is 6.26. The van der Waals surface area contributed by atoms with Crippen molar-refractivity contribution in [3.63, 3.8) is 0 Å². The Labute approximate surface area is 114 Å². The molecule has 5 nitrogen and oxygen atoms in total. The monoisotopic (exact) mass is 288 g/mol. The van der Waals surface area contributed by atoms with Crippen molar-refractivity contribution in [2.45, 2.75) is 19.6 Å². The van der Waals surface area contributed by atoms with Gasteiger partial charge in [-0.15, -0.1) is 0 Å². The minimum atomic E-state index is -0.926. The third-order valence-corrected chi connectivity index (χ3v) is 5.09. The molecule has 1 saturated heterocycles. The molecule has 1 aliphatic rings. The van der Waals surface area contributed by atoms with E-state index in [1.165, 1.54) is 11.3 Å². The van der Waals surface area contributed by atoms with Gasteiger partial charge in [0.1, 0.15) is 4.88 Å². The lowest BCUT2D eigenvalue weighted by Gasteiger charge is -2.32. The highest BCUT2D eigenvalue weighted by molar-refractivity contribution is 7.99. The van der Waals surface area contributed by atoms with Crippen LogP contribution in [0.25, 0.3) is 0 Å². The number of methoxy groups -OCH3 is 1. The molecule has 0 aromatic carbocycles. The van der Waals surface area contributed by atoms with Gasteiger partial charge in [-0.2, -0.15) is 11.8 Å². The van der Waals surface area contributed by atoms with Crippen LogP contribution in [0.3, 0.4) is 0 Å². The van der Waals surface area contributed by atoms with Gasteiger partial charge in [0.2, 0.25) is 0 Å². The molecule has 0 radical (unpaired) electrons. The molecule has 1 atom stereocenters. The summed E-state index contributed by atoms with van der Waals surface area (Å²) >= 11 is 3.17. The second kappa shape index (κ2) is 5.90. The molecule has 1 N–H and O–H groups in total. The van der Waals surface area contributed by atoms with Gasteiger partial charge in [-0.05, 0) is 6.92 Å². The molecular formula is C11H16N2O3S2. The Morgan fingerprint density at radius 3 is 3.06 bits per heavy atom. The number of carboxylic acids is 1. The van der Waals surface area contributed by atoms with Gasteiger partial charge in [0.25, 0.3) is 0 Å². The van der Waals surface area contributed by atoms with E-state index in [4.69, 9.17) is 9.84 Å². The van der Waals surface area contributed by atoms with Crippen molar-refractivity contribution in [2.75, 3.05) is 30.1 Å². The summed E-state index contributed by atoms with van der Waals surface area (Å²) in [5.74, 6) is 1.19. The van der Waals surface area contributed by atoms with E-state index in [0.29, 0.717) is 11.7 Å². The zero-order chi connectivity index (χ0) is 13.1. The molecule has 100 valence electrons. The Balaban J connectivity index is 2.27. The van der Waals surface area contributed by atoms with Crippen LogP contribution in [0.15, 0.2) is 0 Å². The molecule has 0 spiro atoms. The Morgan fingerprint density at radius 1 is 1.67 bits per heavy atom. The standard InChI is InChI=1S/C11H16N2O3S2/c1-7-6-17-4-3-13(7)11-12-8(5-16-2)9(18-11)10(14)15/h7H,3-6H2,1-2H3,(H,14,15). The van der Waals surface area contributed by atoms with E-state index in [1.54, 1.807) is 7.11 Å². The molecule has 1 fully saturated rings. The minimum absolute atomic E-state index is 0.245. The highest BCUT2D eigenvalue weighted by Gasteiger charge is 2.25. The first kappa shape index (κ1) is 13.6. The molecule has 2 rings (SSSR count). The van der Waals surface area contributed by atoms with Gasteiger partial charge < -0.3 is 14.7 Å². The zero-order valence-corrected chi connectivity index (χ0v) is 12.0. The SMILES string of the molecule is COCc1nc(N2CCSCC2C)sc1C(=O)O. The number of hydrogen-bond acceptors (Lipinski definition) is 6. The molecule has 2 heterocycles. The van der Waals surface area contributed by atoms with Crippen LogP contribution in [-0.4, -0.2) is 47.3 Å². The normalized spacial score (nSPS) is 20.1. The number of aromatic carboxylic acids is 1. The fraction of sp³-hybridized carbons (Fsp3) is 0.636. The van der Waals surface area contributed by atoms with Crippen molar-refractivity contribution >= 4 is 34.2 Å². The van der Waals surface area contributed by atoms with Crippen LogP contribution in [0.1, 0.15) is 22.3 Å². The number of carbonyl (C=O) groups is 1. The summed E-state index contributed by atoms with van der Waals surface area (Å²) in [5, 5.41) is 9.96. The van der Waals surface area contributed by atoms with Crippen LogP contribution in [0.2, 0.25) is 0 Å². The van der Waals surface area contributed by atoms with Gasteiger partial charge in [0, 0.05) is 31.2 Å².